The topological polar surface area (TPSA) is 84.5 Å². The molecule has 2 aliphatic rings. The first-order valence-electron chi connectivity index (χ1n) is 9.91. The molecule has 0 radical (unpaired) electrons. The van der Waals surface area contributed by atoms with Crippen molar-refractivity contribution >= 4 is 34.1 Å². The summed E-state index contributed by atoms with van der Waals surface area (Å²) in [4.78, 5) is 39.0. The van der Waals surface area contributed by atoms with Gasteiger partial charge in [0.15, 0.2) is 0 Å². The highest BCUT2D eigenvalue weighted by atomic mass is 32.1. The molecule has 2 amide bonds. The van der Waals surface area contributed by atoms with Crippen molar-refractivity contribution in [1.82, 2.24) is 5.32 Å². The van der Waals surface area contributed by atoms with Gasteiger partial charge in [-0.2, -0.15) is 0 Å². The molecule has 0 unspecified atom stereocenters. The third kappa shape index (κ3) is 4.50. The van der Waals surface area contributed by atoms with Crippen LogP contribution < -0.4 is 10.6 Å². The summed E-state index contributed by atoms with van der Waals surface area (Å²) < 4.78 is 5.71. The zero-order chi connectivity index (χ0) is 20.5. The molecular weight excluding hydrogens is 388 g/mol. The van der Waals surface area contributed by atoms with Crippen molar-refractivity contribution in [3.63, 3.8) is 0 Å². The number of esters is 1. The van der Waals surface area contributed by atoms with E-state index in [1.807, 2.05) is 32.0 Å². The summed E-state index contributed by atoms with van der Waals surface area (Å²) in [5.74, 6) is -0.952. The highest BCUT2D eigenvalue weighted by Gasteiger charge is 2.34. The van der Waals surface area contributed by atoms with E-state index < -0.39 is 12.1 Å². The molecule has 152 valence electrons. The molecule has 6 nitrogen and oxygen atoms in total. The number of carbonyl (C=O) groups is 3. The van der Waals surface area contributed by atoms with Crippen LogP contribution in [0.25, 0.3) is 0 Å². The lowest BCUT2D eigenvalue weighted by molar-refractivity contribution is -0.130. The van der Waals surface area contributed by atoms with Crippen LogP contribution >= 0.6 is 11.3 Å². The van der Waals surface area contributed by atoms with Gasteiger partial charge in [-0.3, -0.25) is 9.59 Å². The van der Waals surface area contributed by atoms with Gasteiger partial charge in [0.2, 0.25) is 12.0 Å². The third-order valence-electron chi connectivity index (χ3n) is 5.26. The average Bonchev–Trinajstić information content (AvgIpc) is 3.60. The summed E-state index contributed by atoms with van der Waals surface area (Å²) in [6, 6.07) is 9.16. The highest BCUT2D eigenvalue weighted by Crippen LogP contribution is 2.37. The molecule has 0 spiro atoms. The average molecular weight is 413 g/mol. The fourth-order valence-corrected chi connectivity index (χ4v) is 4.14. The van der Waals surface area contributed by atoms with Crippen LogP contribution in [0.5, 0.6) is 0 Å². The Morgan fingerprint density at radius 2 is 1.76 bits per heavy atom. The maximum absolute atomic E-state index is 13.1. The lowest BCUT2D eigenvalue weighted by Crippen LogP contribution is -2.33. The van der Waals surface area contributed by atoms with Gasteiger partial charge in [0.25, 0.3) is 5.91 Å². The predicted molar refractivity (Wildman–Crippen MR) is 111 cm³/mol. The Balaban J connectivity index is 1.58. The maximum Gasteiger partial charge on any atom is 0.342 e. The van der Waals surface area contributed by atoms with Crippen molar-refractivity contribution in [2.75, 3.05) is 5.32 Å². The smallest absolute Gasteiger partial charge is 0.342 e. The van der Waals surface area contributed by atoms with Crippen LogP contribution in [0.4, 0.5) is 5.00 Å². The Morgan fingerprint density at radius 3 is 2.38 bits per heavy atom. The van der Waals surface area contributed by atoms with Gasteiger partial charge >= 0.3 is 5.97 Å². The van der Waals surface area contributed by atoms with E-state index in [-0.39, 0.29) is 23.8 Å². The highest BCUT2D eigenvalue weighted by molar-refractivity contribution is 7.16. The largest absolute Gasteiger partial charge is 0.444 e. The van der Waals surface area contributed by atoms with Crippen LogP contribution in [0, 0.1) is 19.8 Å². The number of anilines is 1. The molecule has 2 aliphatic carbocycles. The Hall–Kier alpha value is -2.67. The molecule has 4 rings (SSSR count). The molecule has 0 saturated heterocycles. The summed E-state index contributed by atoms with van der Waals surface area (Å²) >= 11 is 1.36. The Bertz CT molecular complexity index is 945. The van der Waals surface area contributed by atoms with Crippen molar-refractivity contribution in [3.05, 3.63) is 51.9 Å². The van der Waals surface area contributed by atoms with Crippen LogP contribution in [-0.2, 0) is 14.3 Å². The Kier molecular flexibility index (Phi) is 5.41. The number of carbonyl (C=O) groups excluding carboxylic acids is 3. The van der Waals surface area contributed by atoms with Gasteiger partial charge in [0.1, 0.15) is 5.00 Å². The number of nitrogens with one attached hydrogen (secondary N) is 2. The summed E-state index contributed by atoms with van der Waals surface area (Å²) in [5, 5.41) is 6.29. The molecule has 1 heterocycles. The van der Waals surface area contributed by atoms with Gasteiger partial charge in [0.05, 0.1) is 5.56 Å². The molecule has 2 saturated carbocycles. The number of rotatable bonds is 7. The van der Waals surface area contributed by atoms with Crippen LogP contribution in [0.3, 0.4) is 0 Å². The van der Waals surface area contributed by atoms with Gasteiger partial charge in [0, 0.05) is 22.4 Å². The van der Waals surface area contributed by atoms with Crippen molar-refractivity contribution < 1.29 is 19.1 Å². The van der Waals surface area contributed by atoms with Crippen molar-refractivity contribution in [2.24, 2.45) is 5.92 Å². The molecular formula is C22H24N2O4S. The monoisotopic (exact) mass is 412 g/mol. The zero-order valence-electron chi connectivity index (χ0n) is 16.5. The van der Waals surface area contributed by atoms with E-state index in [1.165, 1.54) is 11.3 Å². The summed E-state index contributed by atoms with van der Waals surface area (Å²) in [6.45, 7) is 3.73. The second kappa shape index (κ2) is 7.99. The van der Waals surface area contributed by atoms with Crippen molar-refractivity contribution in [1.29, 1.82) is 0 Å². The van der Waals surface area contributed by atoms with Crippen LogP contribution in [-0.4, -0.2) is 23.8 Å². The first-order chi connectivity index (χ1) is 13.9. The molecule has 2 aromatic rings. The molecule has 2 N–H and O–H groups in total. The van der Waals surface area contributed by atoms with E-state index in [1.54, 1.807) is 12.1 Å². The minimum Gasteiger partial charge on any atom is -0.444 e. The predicted octanol–water partition coefficient (Wildman–Crippen LogP) is 3.89. The number of hydrogen-bond donors (Lipinski definition) is 2. The van der Waals surface area contributed by atoms with Gasteiger partial charge in [-0.15, -0.1) is 11.3 Å². The number of thiophene rings is 1. The van der Waals surface area contributed by atoms with E-state index >= 15 is 0 Å². The molecule has 29 heavy (non-hydrogen) atoms. The minimum atomic E-state index is -1.03. The molecule has 0 aliphatic heterocycles. The first-order valence-corrected chi connectivity index (χ1v) is 10.7. The van der Waals surface area contributed by atoms with Gasteiger partial charge in [-0.25, -0.2) is 4.79 Å². The van der Waals surface area contributed by atoms with Crippen LogP contribution in [0.15, 0.2) is 30.3 Å². The second-order valence-corrected chi connectivity index (χ2v) is 8.95. The SMILES string of the molecule is Cc1sc(NC(=O)C2CC2)c(C(=O)O[C@H](C(=O)NC2CC2)c2ccccc2)c1C. The van der Waals surface area contributed by atoms with Crippen molar-refractivity contribution in [2.45, 2.75) is 51.7 Å². The Labute approximate surface area is 173 Å². The Morgan fingerprint density at radius 1 is 1.07 bits per heavy atom. The molecule has 1 aromatic carbocycles. The number of benzene rings is 1. The molecule has 1 aromatic heterocycles. The maximum atomic E-state index is 13.1. The number of hydrogen-bond acceptors (Lipinski definition) is 5. The lowest BCUT2D eigenvalue weighted by Gasteiger charge is -2.18. The van der Waals surface area contributed by atoms with Crippen LogP contribution in [0.2, 0.25) is 0 Å². The fourth-order valence-electron chi connectivity index (χ4n) is 3.09. The van der Waals surface area contributed by atoms with Gasteiger partial charge < -0.3 is 15.4 Å². The number of ether oxygens (including phenoxy) is 1. The van der Waals surface area contributed by atoms with Crippen LogP contribution in [0.1, 0.15) is 58.1 Å². The molecule has 1 atom stereocenters. The standard InChI is InChI=1S/C22H24N2O4S/c1-12-13(2)29-21(24-19(25)15-8-9-15)17(12)22(27)28-18(14-6-4-3-5-7-14)20(26)23-16-10-11-16/h3-7,15-16,18H,8-11H2,1-2H3,(H,23,26)(H,24,25)/t18-/m0/s1. The zero-order valence-corrected chi connectivity index (χ0v) is 17.3. The summed E-state index contributed by atoms with van der Waals surface area (Å²) in [5.41, 5.74) is 1.72. The molecule has 0 bridgehead atoms. The third-order valence-corrected chi connectivity index (χ3v) is 6.39. The van der Waals surface area contributed by atoms with Gasteiger partial charge in [-0.1, -0.05) is 30.3 Å². The van der Waals surface area contributed by atoms with E-state index in [2.05, 4.69) is 10.6 Å². The first kappa shape index (κ1) is 19.6. The van der Waals surface area contributed by atoms with E-state index in [4.69, 9.17) is 4.74 Å². The fraction of sp³-hybridized carbons (Fsp3) is 0.409. The summed E-state index contributed by atoms with van der Waals surface area (Å²) in [7, 11) is 0. The number of amides is 2. The van der Waals surface area contributed by atoms with E-state index in [0.29, 0.717) is 16.1 Å². The quantitative estimate of drug-likeness (QED) is 0.676. The minimum absolute atomic E-state index is 0.0305. The van der Waals surface area contributed by atoms with E-state index in [9.17, 15) is 14.4 Å². The molecule has 7 heteroatoms. The lowest BCUT2D eigenvalue weighted by atomic mass is 10.1. The summed E-state index contributed by atoms with van der Waals surface area (Å²) in [6.07, 6.45) is 2.62. The normalized spacial score (nSPS) is 16.8. The van der Waals surface area contributed by atoms with Gasteiger partial charge in [-0.05, 0) is 45.1 Å². The molecule has 2 fully saturated rings. The van der Waals surface area contributed by atoms with E-state index in [0.717, 1.165) is 36.1 Å². The number of aryl methyl sites for hydroxylation is 1. The second-order valence-electron chi connectivity index (χ2n) is 7.73. The van der Waals surface area contributed by atoms with Crippen molar-refractivity contribution in [3.8, 4) is 0 Å².